The van der Waals surface area contributed by atoms with Gasteiger partial charge in [-0.15, -0.1) is 23.5 Å². The maximum absolute atomic E-state index is 13.2. The molecule has 1 aromatic rings. The van der Waals surface area contributed by atoms with E-state index in [-0.39, 0.29) is 11.8 Å². The van der Waals surface area contributed by atoms with Crippen LogP contribution >= 0.6 is 23.5 Å². The lowest BCUT2D eigenvalue weighted by Gasteiger charge is -2.53. The van der Waals surface area contributed by atoms with Crippen LogP contribution in [0.4, 0.5) is 0 Å². The lowest BCUT2D eigenvalue weighted by atomic mass is 9.98. The van der Waals surface area contributed by atoms with Crippen LogP contribution in [0.2, 0.25) is 0 Å². The van der Waals surface area contributed by atoms with Crippen molar-refractivity contribution < 1.29 is 14.7 Å². The SMILES string of the molecule is CS[C@@]1(CO)C(=O)N(C)[C@@](Cc2ccccc2)(SC)C(=O)N1C. The van der Waals surface area contributed by atoms with Gasteiger partial charge in [-0.25, -0.2) is 0 Å². The largest absolute Gasteiger partial charge is 0.392 e. The topological polar surface area (TPSA) is 60.9 Å². The summed E-state index contributed by atoms with van der Waals surface area (Å²) in [5, 5.41) is 9.78. The molecule has 1 aromatic carbocycles. The first-order valence-corrected chi connectivity index (χ1v) is 9.66. The van der Waals surface area contributed by atoms with Crippen LogP contribution < -0.4 is 0 Å². The Kier molecular flexibility index (Phi) is 5.33. The molecular formula is C16H22N2O3S2. The van der Waals surface area contributed by atoms with E-state index in [1.165, 1.54) is 33.3 Å². The monoisotopic (exact) mass is 354 g/mol. The van der Waals surface area contributed by atoms with Gasteiger partial charge in [0.2, 0.25) is 0 Å². The summed E-state index contributed by atoms with van der Waals surface area (Å²) in [7, 11) is 3.24. The quantitative estimate of drug-likeness (QED) is 0.863. The maximum Gasteiger partial charge on any atom is 0.262 e. The summed E-state index contributed by atoms with van der Waals surface area (Å²) in [4.78, 5) is 26.8. The number of benzene rings is 1. The highest BCUT2D eigenvalue weighted by Crippen LogP contribution is 2.43. The highest BCUT2D eigenvalue weighted by molar-refractivity contribution is 8.01. The minimum absolute atomic E-state index is 0.167. The Balaban J connectivity index is 2.49. The van der Waals surface area contributed by atoms with Gasteiger partial charge in [0.15, 0.2) is 9.74 Å². The van der Waals surface area contributed by atoms with Gasteiger partial charge in [0.1, 0.15) is 0 Å². The van der Waals surface area contributed by atoms with Crippen LogP contribution in [0.15, 0.2) is 30.3 Å². The van der Waals surface area contributed by atoms with Gasteiger partial charge < -0.3 is 14.9 Å². The summed E-state index contributed by atoms with van der Waals surface area (Å²) in [6.07, 6.45) is 3.99. The maximum atomic E-state index is 13.2. The van der Waals surface area contributed by atoms with Crippen molar-refractivity contribution in [1.29, 1.82) is 0 Å². The number of aliphatic hydroxyl groups excluding tert-OH is 1. The highest BCUT2D eigenvalue weighted by atomic mass is 32.2. The molecule has 0 aliphatic carbocycles. The van der Waals surface area contributed by atoms with Crippen LogP contribution in [0.25, 0.3) is 0 Å². The summed E-state index contributed by atoms with van der Waals surface area (Å²) in [6.45, 7) is -0.407. The molecule has 2 atom stereocenters. The summed E-state index contributed by atoms with van der Waals surface area (Å²) in [5.41, 5.74) is 0.990. The number of hydrogen-bond acceptors (Lipinski definition) is 5. The molecule has 0 bridgehead atoms. The molecule has 2 amide bonds. The molecule has 0 unspecified atom stereocenters. The second-order valence-corrected chi connectivity index (χ2v) is 7.69. The van der Waals surface area contributed by atoms with Crippen molar-refractivity contribution in [2.75, 3.05) is 33.2 Å². The average Bonchev–Trinajstić information content (AvgIpc) is 2.59. The molecule has 5 nitrogen and oxygen atoms in total. The van der Waals surface area contributed by atoms with Gasteiger partial charge in [0.05, 0.1) is 6.61 Å². The molecule has 1 N–H and O–H groups in total. The molecule has 23 heavy (non-hydrogen) atoms. The minimum Gasteiger partial charge on any atom is -0.392 e. The Labute approximate surface area is 145 Å². The predicted molar refractivity (Wildman–Crippen MR) is 95.3 cm³/mol. The van der Waals surface area contributed by atoms with E-state index in [4.69, 9.17) is 0 Å². The van der Waals surface area contributed by atoms with Gasteiger partial charge in [-0.1, -0.05) is 30.3 Å². The van der Waals surface area contributed by atoms with Gasteiger partial charge >= 0.3 is 0 Å². The Morgan fingerprint density at radius 2 is 1.43 bits per heavy atom. The van der Waals surface area contributed by atoms with E-state index in [1.54, 1.807) is 20.4 Å². The molecular weight excluding hydrogens is 332 g/mol. The number of aliphatic hydroxyl groups is 1. The van der Waals surface area contributed by atoms with E-state index in [2.05, 4.69) is 0 Å². The third-order valence-corrected chi connectivity index (χ3v) is 7.06. The van der Waals surface area contributed by atoms with E-state index in [1.807, 2.05) is 36.6 Å². The van der Waals surface area contributed by atoms with Crippen LogP contribution in [0, 0.1) is 0 Å². The molecule has 7 heteroatoms. The standard InChI is InChI=1S/C16H22N2O3S2/c1-17-14(21)16(11-19,23-4)18(2)13(20)15(17,22-3)10-12-8-6-5-7-9-12/h5-9,19H,10-11H2,1-4H3/t15-,16-/m0/s1. The lowest BCUT2D eigenvalue weighted by Crippen LogP contribution is -2.74. The zero-order chi connectivity index (χ0) is 17.3. The van der Waals surface area contributed by atoms with Gasteiger partial charge in [0.25, 0.3) is 11.8 Å². The van der Waals surface area contributed by atoms with Crippen molar-refractivity contribution >= 4 is 35.3 Å². The Hall–Kier alpha value is -1.18. The summed E-state index contributed by atoms with van der Waals surface area (Å²) in [5.74, 6) is -0.417. The Morgan fingerprint density at radius 3 is 1.91 bits per heavy atom. The first-order chi connectivity index (χ1) is 10.9. The molecule has 0 spiro atoms. The van der Waals surface area contributed by atoms with Crippen LogP contribution in [0.3, 0.4) is 0 Å². The summed E-state index contributed by atoms with van der Waals surface area (Å²) >= 11 is 2.55. The lowest BCUT2D eigenvalue weighted by molar-refractivity contribution is -0.165. The first kappa shape index (κ1) is 18.2. The van der Waals surface area contributed by atoms with Gasteiger partial charge in [0, 0.05) is 20.5 Å². The van der Waals surface area contributed by atoms with Crippen molar-refractivity contribution in [2.45, 2.75) is 16.2 Å². The minimum atomic E-state index is -1.25. The Bertz CT molecular complexity index is 592. The van der Waals surface area contributed by atoms with E-state index in [9.17, 15) is 14.7 Å². The molecule has 0 aromatic heterocycles. The van der Waals surface area contributed by atoms with Crippen LogP contribution in [-0.2, 0) is 16.0 Å². The molecule has 2 rings (SSSR count). The van der Waals surface area contributed by atoms with E-state index in [0.717, 1.165) is 5.56 Å². The van der Waals surface area contributed by atoms with Gasteiger partial charge in [-0.3, -0.25) is 9.59 Å². The molecule has 0 saturated carbocycles. The average molecular weight is 354 g/mol. The molecule has 126 valence electrons. The number of amides is 2. The number of piperazine rings is 1. The zero-order valence-electron chi connectivity index (χ0n) is 13.8. The molecule has 1 aliphatic rings. The van der Waals surface area contributed by atoms with E-state index >= 15 is 0 Å². The zero-order valence-corrected chi connectivity index (χ0v) is 15.4. The van der Waals surface area contributed by atoms with E-state index in [0.29, 0.717) is 6.42 Å². The predicted octanol–water partition coefficient (Wildman–Crippen LogP) is 1.27. The summed E-state index contributed by atoms with van der Waals surface area (Å²) < 4.78 is 0. The fourth-order valence-corrected chi connectivity index (χ4v) is 4.74. The molecule has 0 radical (unpaired) electrons. The van der Waals surface area contributed by atoms with Gasteiger partial charge in [-0.2, -0.15) is 0 Å². The Morgan fingerprint density at radius 1 is 0.957 bits per heavy atom. The summed E-state index contributed by atoms with van der Waals surface area (Å²) in [6, 6.07) is 9.66. The number of thioether (sulfide) groups is 2. The van der Waals surface area contributed by atoms with Crippen molar-refractivity contribution in [3.63, 3.8) is 0 Å². The van der Waals surface area contributed by atoms with Crippen molar-refractivity contribution in [1.82, 2.24) is 9.80 Å². The number of hydrogen-bond donors (Lipinski definition) is 1. The number of carbonyl (C=O) groups is 2. The van der Waals surface area contributed by atoms with Crippen LogP contribution in [0.5, 0.6) is 0 Å². The second kappa shape index (κ2) is 6.75. The highest BCUT2D eigenvalue weighted by Gasteiger charge is 2.60. The molecule has 1 saturated heterocycles. The molecule has 1 heterocycles. The normalized spacial score (nSPS) is 28.4. The van der Waals surface area contributed by atoms with Crippen LogP contribution in [-0.4, -0.2) is 69.7 Å². The van der Waals surface area contributed by atoms with E-state index < -0.39 is 16.3 Å². The third kappa shape index (κ3) is 2.64. The van der Waals surface area contributed by atoms with Crippen molar-refractivity contribution in [3.05, 3.63) is 35.9 Å². The van der Waals surface area contributed by atoms with Crippen molar-refractivity contribution in [3.8, 4) is 0 Å². The number of carbonyl (C=O) groups excluding carboxylic acids is 2. The van der Waals surface area contributed by atoms with Crippen molar-refractivity contribution in [2.24, 2.45) is 0 Å². The number of likely N-dealkylation sites (N-methyl/N-ethyl adjacent to an activating group) is 2. The molecule has 1 aliphatic heterocycles. The van der Waals surface area contributed by atoms with Gasteiger partial charge in [-0.05, 0) is 18.1 Å². The third-order valence-electron chi connectivity index (χ3n) is 4.54. The van der Waals surface area contributed by atoms with Crippen LogP contribution in [0.1, 0.15) is 5.56 Å². The molecule has 1 fully saturated rings. The fraction of sp³-hybridized carbons (Fsp3) is 0.500. The second-order valence-electron chi connectivity index (χ2n) is 5.53. The number of rotatable bonds is 5. The smallest absolute Gasteiger partial charge is 0.262 e. The first-order valence-electron chi connectivity index (χ1n) is 7.21. The number of nitrogens with zero attached hydrogens (tertiary/aromatic N) is 2. The fourth-order valence-electron chi connectivity index (χ4n) is 2.96.